The Morgan fingerprint density at radius 3 is 2.59 bits per heavy atom. The van der Waals surface area contributed by atoms with E-state index in [0.717, 1.165) is 24.6 Å². The Labute approximate surface area is 129 Å². The third-order valence-corrected chi connectivity index (χ3v) is 4.96. The predicted molar refractivity (Wildman–Crippen MR) is 86.1 cm³/mol. The zero-order valence-corrected chi connectivity index (χ0v) is 13.4. The van der Waals surface area contributed by atoms with E-state index in [-0.39, 0.29) is 5.56 Å². The highest BCUT2D eigenvalue weighted by molar-refractivity contribution is 5.70. The largest absolute Gasteiger partial charge is 0.329 e. The number of imidazole rings is 1. The molecule has 0 atom stereocenters. The summed E-state index contributed by atoms with van der Waals surface area (Å²) in [6, 6.07) is 0. The maximum atomic E-state index is 12.0. The van der Waals surface area contributed by atoms with Gasteiger partial charge in [-0.05, 0) is 12.3 Å². The molecule has 0 aliphatic heterocycles. The normalized spacial score (nSPS) is 16.5. The van der Waals surface area contributed by atoms with Crippen molar-refractivity contribution in [3.63, 3.8) is 0 Å². The highest BCUT2D eigenvalue weighted by atomic mass is 16.2. The summed E-state index contributed by atoms with van der Waals surface area (Å²) in [5.74, 6) is 1.74. The van der Waals surface area contributed by atoms with Gasteiger partial charge in [0.1, 0.15) is 5.82 Å². The lowest BCUT2D eigenvalue weighted by atomic mass is 9.86. The van der Waals surface area contributed by atoms with Crippen molar-refractivity contribution >= 4 is 11.2 Å². The minimum Gasteiger partial charge on any atom is -0.325 e. The molecule has 2 aromatic heterocycles. The molecule has 0 unspecified atom stereocenters. The van der Waals surface area contributed by atoms with Crippen molar-refractivity contribution < 1.29 is 0 Å². The fraction of sp³-hybridized carbons (Fsp3) is 0.688. The number of rotatable bonds is 4. The second kappa shape index (κ2) is 6.10. The summed E-state index contributed by atoms with van der Waals surface area (Å²) >= 11 is 0. The highest BCUT2D eigenvalue weighted by Crippen LogP contribution is 2.27. The lowest BCUT2D eigenvalue weighted by Crippen LogP contribution is -2.29. The first-order valence-electron chi connectivity index (χ1n) is 8.22. The second-order valence-electron chi connectivity index (χ2n) is 6.47. The van der Waals surface area contributed by atoms with Crippen molar-refractivity contribution in [1.29, 1.82) is 0 Å². The highest BCUT2D eigenvalue weighted by Gasteiger charge is 2.16. The number of nitrogens with one attached hydrogen (secondary N) is 1. The molecule has 1 aliphatic rings. The number of aromatic amines is 1. The number of hydrogen-bond donors (Lipinski definition) is 1. The van der Waals surface area contributed by atoms with Gasteiger partial charge < -0.3 is 4.57 Å². The third-order valence-electron chi connectivity index (χ3n) is 4.96. The molecule has 0 amide bonds. The van der Waals surface area contributed by atoms with Crippen molar-refractivity contribution in [3.8, 4) is 0 Å². The maximum absolute atomic E-state index is 12.0. The van der Waals surface area contributed by atoms with E-state index in [1.54, 1.807) is 7.05 Å². The SMILES string of the molecule is Cn1c(CCCC2CCCCC2)nc2c1c(=O)[nH]c(=O)n2C. The van der Waals surface area contributed by atoms with Crippen LogP contribution in [-0.2, 0) is 20.5 Å². The molecule has 2 heterocycles. The first-order valence-corrected chi connectivity index (χ1v) is 8.22. The third kappa shape index (κ3) is 2.74. The monoisotopic (exact) mass is 304 g/mol. The van der Waals surface area contributed by atoms with Crippen molar-refractivity contribution in [3.05, 3.63) is 26.7 Å². The molecule has 1 N–H and O–H groups in total. The van der Waals surface area contributed by atoms with Gasteiger partial charge >= 0.3 is 5.69 Å². The second-order valence-corrected chi connectivity index (χ2v) is 6.47. The van der Waals surface area contributed by atoms with Crippen LogP contribution in [-0.4, -0.2) is 19.1 Å². The molecule has 3 rings (SSSR count). The number of aromatic nitrogens is 4. The van der Waals surface area contributed by atoms with Gasteiger partial charge in [-0.25, -0.2) is 9.78 Å². The van der Waals surface area contributed by atoms with Gasteiger partial charge in [0.25, 0.3) is 5.56 Å². The average molecular weight is 304 g/mol. The molecule has 0 aromatic carbocycles. The minimum absolute atomic E-state index is 0.355. The molecule has 0 radical (unpaired) electrons. The van der Waals surface area contributed by atoms with Gasteiger partial charge in [0.2, 0.25) is 0 Å². The van der Waals surface area contributed by atoms with Crippen molar-refractivity contribution in [2.75, 3.05) is 0 Å². The molecule has 2 aromatic rings. The fourth-order valence-electron chi connectivity index (χ4n) is 3.60. The summed E-state index contributed by atoms with van der Waals surface area (Å²) in [7, 11) is 3.49. The first-order chi connectivity index (χ1) is 10.6. The standard InChI is InChI=1S/C16H24N4O2/c1-19-12(10-6-9-11-7-4-3-5-8-11)17-14-13(19)15(21)18-16(22)20(14)2/h11H,3-10H2,1-2H3,(H,18,21,22). The van der Waals surface area contributed by atoms with Crippen LogP contribution in [0.4, 0.5) is 0 Å². The first kappa shape index (κ1) is 15.1. The van der Waals surface area contributed by atoms with Gasteiger partial charge in [0, 0.05) is 20.5 Å². The number of hydrogen-bond acceptors (Lipinski definition) is 3. The van der Waals surface area contributed by atoms with Crippen LogP contribution in [0.25, 0.3) is 11.2 Å². The van der Waals surface area contributed by atoms with E-state index in [9.17, 15) is 9.59 Å². The zero-order valence-electron chi connectivity index (χ0n) is 13.4. The van der Waals surface area contributed by atoms with E-state index < -0.39 is 5.69 Å². The van der Waals surface area contributed by atoms with Crippen LogP contribution in [0.1, 0.15) is 50.8 Å². The Morgan fingerprint density at radius 1 is 1.14 bits per heavy atom. The predicted octanol–water partition coefficient (Wildman–Crippen LogP) is 1.86. The number of H-pyrrole nitrogens is 1. The Bertz CT molecular complexity index is 778. The molecule has 0 spiro atoms. The molecule has 1 saturated carbocycles. The minimum atomic E-state index is -0.413. The molecule has 0 bridgehead atoms. The van der Waals surface area contributed by atoms with Crippen LogP contribution in [0, 0.1) is 5.92 Å². The van der Waals surface area contributed by atoms with Crippen LogP contribution < -0.4 is 11.2 Å². The van der Waals surface area contributed by atoms with Gasteiger partial charge in [-0.2, -0.15) is 0 Å². The molecule has 120 valence electrons. The quantitative estimate of drug-likeness (QED) is 0.937. The van der Waals surface area contributed by atoms with Crippen molar-refractivity contribution in [2.24, 2.45) is 20.0 Å². The summed E-state index contributed by atoms with van der Waals surface area (Å²) in [4.78, 5) is 30.5. The molecular weight excluding hydrogens is 280 g/mol. The zero-order chi connectivity index (χ0) is 15.7. The van der Waals surface area contributed by atoms with Gasteiger partial charge in [-0.1, -0.05) is 38.5 Å². The number of fused-ring (bicyclic) bond motifs is 1. The molecule has 6 heteroatoms. The fourth-order valence-corrected chi connectivity index (χ4v) is 3.60. The van der Waals surface area contributed by atoms with E-state index in [1.807, 2.05) is 11.6 Å². The summed E-state index contributed by atoms with van der Waals surface area (Å²) in [6.45, 7) is 0. The van der Waals surface area contributed by atoms with Crippen LogP contribution in [0.3, 0.4) is 0 Å². The molecule has 1 aliphatic carbocycles. The molecular formula is C16H24N4O2. The lowest BCUT2D eigenvalue weighted by molar-refractivity contribution is 0.331. The Morgan fingerprint density at radius 2 is 1.86 bits per heavy atom. The number of nitrogens with zero attached hydrogens (tertiary/aromatic N) is 3. The molecule has 22 heavy (non-hydrogen) atoms. The Hall–Kier alpha value is -1.85. The van der Waals surface area contributed by atoms with Crippen LogP contribution in [0.2, 0.25) is 0 Å². The van der Waals surface area contributed by atoms with Crippen molar-refractivity contribution in [1.82, 2.24) is 19.1 Å². The summed E-state index contributed by atoms with van der Waals surface area (Å²) in [5, 5.41) is 0. The summed E-state index contributed by atoms with van der Waals surface area (Å²) in [5.41, 5.74) is 0.190. The molecule has 1 fully saturated rings. The van der Waals surface area contributed by atoms with Gasteiger partial charge in [-0.3, -0.25) is 14.3 Å². The van der Waals surface area contributed by atoms with Crippen LogP contribution >= 0.6 is 0 Å². The summed E-state index contributed by atoms with van der Waals surface area (Å²) in [6.07, 6.45) is 10.0. The van der Waals surface area contributed by atoms with E-state index in [1.165, 1.54) is 43.1 Å². The maximum Gasteiger partial charge on any atom is 0.329 e. The Balaban J connectivity index is 1.78. The van der Waals surface area contributed by atoms with E-state index in [2.05, 4.69) is 9.97 Å². The smallest absolute Gasteiger partial charge is 0.325 e. The van der Waals surface area contributed by atoms with Gasteiger partial charge in [-0.15, -0.1) is 0 Å². The molecule has 0 saturated heterocycles. The lowest BCUT2D eigenvalue weighted by Gasteiger charge is -2.21. The number of aryl methyl sites for hydroxylation is 3. The molecule has 6 nitrogen and oxygen atoms in total. The summed E-state index contributed by atoms with van der Waals surface area (Å²) < 4.78 is 3.23. The topological polar surface area (TPSA) is 72.7 Å². The van der Waals surface area contributed by atoms with Crippen LogP contribution in [0.5, 0.6) is 0 Å². The van der Waals surface area contributed by atoms with Crippen LogP contribution in [0.15, 0.2) is 9.59 Å². The van der Waals surface area contributed by atoms with Crippen molar-refractivity contribution in [2.45, 2.75) is 51.4 Å². The van der Waals surface area contributed by atoms with E-state index in [0.29, 0.717) is 11.2 Å². The van der Waals surface area contributed by atoms with E-state index >= 15 is 0 Å². The Kier molecular flexibility index (Phi) is 4.18. The van der Waals surface area contributed by atoms with Gasteiger partial charge in [0.15, 0.2) is 11.2 Å². The van der Waals surface area contributed by atoms with E-state index in [4.69, 9.17) is 0 Å². The average Bonchev–Trinajstić information content (AvgIpc) is 2.84. The van der Waals surface area contributed by atoms with Gasteiger partial charge in [0.05, 0.1) is 0 Å².